The molecular weight excluding hydrogens is 550 g/mol. The van der Waals surface area contributed by atoms with Crippen LogP contribution in [0, 0.1) is 18.8 Å². The molecule has 0 unspecified atom stereocenters. The summed E-state index contributed by atoms with van der Waals surface area (Å²) >= 11 is 0. The van der Waals surface area contributed by atoms with Crippen molar-refractivity contribution in [3.8, 4) is 5.75 Å². The number of ketones is 1. The Balaban J connectivity index is 1.55. The van der Waals surface area contributed by atoms with Crippen molar-refractivity contribution in [2.45, 2.75) is 39.3 Å². The maximum absolute atomic E-state index is 13.9. The van der Waals surface area contributed by atoms with Crippen molar-refractivity contribution in [2.75, 3.05) is 26.9 Å². The van der Waals surface area contributed by atoms with Gasteiger partial charge in [-0.05, 0) is 48.7 Å². The monoisotopic (exact) mass is 587 g/mol. The summed E-state index contributed by atoms with van der Waals surface area (Å²) in [7, 11) is 1.24. The van der Waals surface area contributed by atoms with Crippen LogP contribution in [0.15, 0.2) is 78.9 Å². The molecule has 0 radical (unpaired) electrons. The van der Waals surface area contributed by atoms with E-state index in [0.29, 0.717) is 17.9 Å². The van der Waals surface area contributed by atoms with E-state index in [1.807, 2.05) is 67.6 Å². The lowest BCUT2D eigenvalue weighted by Crippen LogP contribution is -2.45. The Bertz CT molecular complexity index is 1410. The molecule has 4 rings (SSSR count). The van der Waals surface area contributed by atoms with Crippen LogP contribution in [-0.2, 0) is 36.8 Å². The van der Waals surface area contributed by atoms with Gasteiger partial charge in [0.2, 0.25) is 0 Å². The van der Waals surface area contributed by atoms with Crippen LogP contribution in [0.3, 0.4) is 0 Å². The fraction of sp³-hybridized carbons (Fsp3) is 0.353. The average Bonchev–Trinajstić information content (AvgIpc) is 3.40. The minimum atomic E-state index is -1.20. The molecule has 0 spiro atoms. The number of hydrogen-bond acceptors (Lipinski definition) is 8. The number of amides is 1. The van der Waals surface area contributed by atoms with Gasteiger partial charge < -0.3 is 18.9 Å². The molecule has 3 aromatic rings. The zero-order chi connectivity index (χ0) is 30.8. The molecule has 43 heavy (non-hydrogen) atoms. The van der Waals surface area contributed by atoms with Gasteiger partial charge in [0, 0.05) is 30.4 Å². The van der Waals surface area contributed by atoms with Crippen molar-refractivity contribution in [1.82, 2.24) is 4.90 Å². The molecule has 9 heteroatoms. The quantitative estimate of drug-likeness (QED) is 0.162. The van der Waals surface area contributed by atoms with Gasteiger partial charge in [-0.3, -0.25) is 14.5 Å². The molecule has 1 saturated heterocycles. The van der Waals surface area contributed by atoms with Gasteiger partial charge in [0.05, 0.1) is 26.7 Å². The number of methoxy groups -OCH3 is 1. The maximum atomic E-state index is 13.9. The second kappa shape index (κ2) is 15.0. The third-order valence-corrected chi connectivity index (χ3v) is 7.54. The number of nitrogens with zero attached hydrogens (tertiary/aromatic N) is 1. The zero-order valence-corrected chi connectivity index (χ0v) is 24.7. The first kappa shape index (κ1) is 31.3. The predicted octanol–water partition coefficient (Wildman–Crippen LogP) is 5.18. The first-order chi connectivity index (χ1) is 20.8. The Kier molecular flexibility index (Phi) is 10.9. The van der Waals surface area contributed by atoms with E-state index in [-0.39, 0.29) is 32.0 Å². The molecule has 3 aromatic carbocycles. The van der Waals surface area contributed by atoms with Crippen molar-refractivity contribution >= 4 is 23.8 Å². The molecule has 1 aliphatic heterocycles. The van der Waals surface area contributed by atoms with Gasteiger partial charge in [-0.2, -0.15) is 0 Å². The number of esters is 2. The number of likely N-dealkylation sites (tertiary alicyclic amines) is 1. The van der Waals surface area contributed by atoms with Crippen molar-refractivity contribution < 1.29 is 38.1 Å². The van der Waals surface area contributed by atoms with Crippen LogP contribution in [-0.4, -0.2) is 61.6 Å². The third-order valence-electron chi connectivity index (χ3n) is 7.54. The molecule has 0 aliphatic carbocycles. The van der Waals surface area contributed by atoms with E-state index in [1.54, 1.807) is 25.1 Å². The highest BCUT2D eigenvalue weighted by atomic mass is 16.6. The summed E-state index contributed by atoms with van der Waals surface area (Å²) in [5.74, 6) is -2.70. The number of carbonyl (C=O) groups is 4. The molecule has 1 aliphatic rings. The minimum absolute atomic E-state index is 0.0169. The number of carbonyl (C=O) groups excluding carboxylic acids is 4. The van der Waals surface area contributed by atoms with Crippen LogP contribution >= 0.6 is 0 Å². The Morgan fingerprint density at radius 2 is 1.56 bits per heavy atom. The van der Waals surface area contributed by atoms with E-state index in [9.17, 15) is 19.2 Å². The third kappa shape index (κ3) is 8.00. The molecule has 3 atom stereocenters. The number of aryl methyl sites for hydroxylation is 1. The number of Topliss-reactive ketones (excluding diaryl/α,β-unsaturated/α-hetero) is 1. The van der Waals surface area contributed by atoms with Crippen molar-refractivity contribution in [3.05, 3.63) is 101 Å². The lowest BCUT2D eigenvalue weighted by Gasteiger charge is -2.25. The summed E-state index contributed by atoms with van der Waals surface area (Å²) in [5, 5.41) is 0. The van der Waals surface area contributed by atoms with Gasteiger partial charge in [0.25, 0.3) is 0 Å². The number of hydrogen-bond donors (Lipinski definition) is 0. The van der Waals surface area contributed by atoms with Crippen LogP contribution in [0.2, 0.25) is 0 Å². The second-order valence-corrected chi connectivity index (χ2v) is 10.4. The van der Waals surface area contributed by atoms with E-state index >= 15 is 0 Å². The van der Waals surface area contributed by atoms with Crippen LogP contribution in [0.5, 0.6) is 5.75 Å². The summed E-state index contributed by atoms with van der Waals surface area (Å²) in [5.41, 5.74) is 3.08. The molecule has 9 nitrogen and oxygen atoms in total. The summed E-state index contributed by atoms with van der Waals surface area (Å²) < 4.78 is 21.7. The number of rotatable bonds is 12. The molecule has 0 N–H and O–H groups in total. The largest absolute Gasteiger partial charge is 0.493 e. The van der Waals surface area contributed by atoms with Crippen molar-refractivity contribution in [2.24, 2.45) is 11.8 Å². The van der Waals surface area contributed by atoms with Gasteiger partial charge in [0.1, 0.15) is 18.4 Å². The zero-order valence-electron chi connectivity index (χ0n) is 24.7. The topological polar surface area (TPSA) is 108 Å². The van der Waals surface area contributed by atoms with E-state index < -0.39 is 35.9 Å². The summed E-state index contributed by atoms with van der Waals surface area (Å²) in [6, 6.07) is 23.0. The van der Waals surface area contributed by atoms with Gasteiger partial charge in [0.15, 0.2) is 5.78 Å². The molecule has 0 bridgehead atoms. The fourth-order valence-corrected chi connectivity index (χ4v) is 5.34. The lowest BCUT2D eigenvalue weighted by atomic mass is 9.82. The molecule has 1 amide bonds. The van der Waals surface area contributed by atoms with E-state index in [4.69, 9.17) is 18.9 Å². The summed E-state index contributed by atoms with van der Waals surface area (Å²) in [4.78, 5) is 54.1. The minimum Gasteiger partial charge on any atom is -0.493 e. The van der Waals surface area contributed by atoms with Crippen LogP contribution in [0.4, 0.5) is 4.79 Å². The molecule has 1 fully saturated rings. The Morgan fingerprint density at radius 3 is 2.19 bits per heavy atom. The van der Waals surface area contributed by atoms with Gasteiger partial charge >= 0.3 is 18.0 Å². The van der Waals surface area contributed by atoms with Crippen molar-refractivity contribution in [3.63, 3.8) is 0 Å². The number of ether oxygens (including phenoxy) is 4. The molecule has 1 heterocycles. The summed E-state index contributed by atoms with van der Waals surface area (Å²) in [6.45, 7) is 3.90. The van der Waals surface area contributed by atoms with Crippen LogP contribution < -0.4 is 4.74 Å². The SMILES string of the molecule is CCOC(=O)[C@@H]1[C@@H](CC(=O)OC)[C@@H](C(=O)c2ccc(OCCc3ccccc3)c(C)c2)CN1C(=O)OCc1ccccc1. The molecule has 0 saturated carbocycles. The van der Waals surface area contributed by atoms with E-state index in [0.717, 1.165) is 23.1 Å². The molecular formula is C34H37NO8. The second-order valence-electron chi connectivity index (χ2n) is 10.4. The van der Waals surface area contributed by atoms with Gasteiger partial charge in [-0.15, -0.1) is 0 Å². The van der Waals surface area contributed by atoms with Gasteiger partial charge in [-0.1, -0.05) is 60.7 Å². The average molecular weight is 588 g/mol. The van der Waals surface area contributed by atoms with E-state index in [1.165, 1.54) is 12.0 Å². The Morgan fingerprint density at radius 1 is 0.884 bits per heavy atom. The Labute approximate surface area is 251 Å². The fourth-order valence-electron chi connectivity index (χ4n) is 5.34. The highest BCUT2D eigenvalue weighted by molar-refractivity contribution is 6.00. The normalized spacial score (nSPS) is 17.7. The smallest absolute Gasteiger partial charge is 0.410 e. The first-order valence-electron chi connectivity index (χ1n) is 14.3. The Hall–Kier alpha value is -4.66. The first-order valence-corrected chi connectivity index (χ1v) is 14.3. The molecule has 0 aromatic heterocycles. The highest BCUT2D eigenvalue weighted by Crippen LogP contribution is 2.37. The number of benzene rings is 3. The lowest BCUT2D eigenvalue weighted by molar-refractivity contribution is -0.150. The molecule has 226 valence electrons. The van der Waals surface area contributed by atoms with E-state index in [2.05, 4.69) is 0 Å². The summed E-state index contributed by atoms with van der Waals surface area (Å²) in [6.07, 6.45) is -0.284. The maximum Gasteiger partial charge on any atom is 0.410 e. The van der Waals surface area contributed by atoms with Gasteiger partial charge in [-0.25, -0.2) is 9.59 Å². The van der Waals surface area contributed by atoms with Crippen LogP contribution in [0.25, 0.3) is 0 Å². The standard InChI is InChI=1S/C34H37NO8/c1-4-41-33(38)31-27(20-30(36)40-3)28(21-35(31)34(39)43-22-25-13-9-6-10-14-25)32(37)26-15-16-29(23(2)19-26)42-18-17-24-11-7-5-8-12-24/h5-16,19,27-28,31H,4,17-18,20-22H2,1-3H3/t27-,28-,31-/m0/s1. The highest BCUT2D eigenvalue weighted by Gasteiger charge is 2.52. The van der Waals surface area contributed by atoms with Crippen molar-refractivity contribution in [1.29, 1.82) is 0 Å². The predicted molar refractivity (Wildman–Crippen MR) is 159 cm³/mol. The van der Waals surface area contributed by atoms with Crippen LogP contribution in [0.1, 0.15) is 40.4 Å².